The molecule has 0 saturated heterocycles. The first-order valence-corrected chi connectivity index (χ1v) is 16.3. The van der Waals surface area contributed by atoms with Crippen LogP contribution in [0.15, 0.2) is 162 Å². The molecule has 10 aromatic carbocycles. The molecule has 0 N–H and O–H groups in total. The molecule has 1 nitrogen and oxygen atoms in total. The second-order valence-corrected chi connectivity index (χ2v) is 12.9. The van der Waals surface area contributed by atoms with Gasteiger partial charge >= 0.3 is 0 Å². The summed E-state index contributed by atoms with van der Waals surface area (Å²) in [6.07, 6.45) is 0. The van der Waals surface area contributed by atoms with E-state index in [1.165, 1.54) is 81.1 Å². The first-order chi connectivity index (χ1) is 23.3. The molecule has 11 rings (SSSR count). The molecule has 0 spiro atoms. The second-order valence-electron chi connectivity index (χ2n) is 12.9. The highest BCUT2D eigenvalue weighted by Crippen LogP contribution is 2.45. The second kappa shape index (κ2) is 9.19. The lowest BCUT2D eigenvalue weighted by Gasteiger charge is -2.15. The summed E-state index contributed by atoms with van der Waals surface area (Å²) in [4.78, 5) is 0. The van der Waals surface area contributed by atoms with E-state index >= 15 is 0 Å². The summed E-state index contributed by atoms with van der Waals surface area (Å²) in [6, 6.07) is 57.9. The number of fused-ring (bicyclic) bond motifs is 8. The zero-order chi connectivity index (χ0) is 30.6. The van der Waals surface area contributed by atoms with Gasteiger partial charge in [0.05, 0.1) is 0 Å². The standard InChI is InChI=1S/C46H26O/c1-3-10-35-27(6-1)12-15-32-24-33(18-21-36(32)35)40-25-34(26-41-45-38-11-4-2-7-28(38)19-23-42(45)47-46(40)41)37-20-16-31-14-13-29-8-5-9-30-17-22-39(37)44(31)43(29)30/h1-26H. The normalized spacial score (nSPS) is 12.3. The number of benzene rings is 10. The van der Waals surface area contributed by atoms with Crippen LogP contribution in [0, 0.1) is 0 Å². The summed E-state index contributed by atoms with van der Waals surface area (Å²) in [6.45, 7) is 0. The molecule has 47 heavy (non-hydrogen) atoms. The molecule has 0 fully saturated rings. The number of rotatable bonds is 2. The van der Waals surface area contributed by atoms with E-state index in [0.29, 0.717) is 0 Å². The van der Waals surface area contributed by atoms with Crippen LogP contribution >= 0.6 is 0 Å². The van der Waals surface area contributed by atoms with E-state index in [0.717, 1.165) is 27.7 Å². The van der Waals surface area contributed by atoms with Gasteiger partial charge in [-0.2, -0.15) is 0 Å². The highest BCUT2D eigenvalue weighted by atomic mass is 16.3. The number of furan rings is 1. The van der Waals surface area contributed by atoms with Crippen molar-refractivity contribution < 1.29 is 4.42 Å². The van der Waals surface area contributed by atoms with E-state index in [-0.39, 0.29) is 0 Å². The van der Waals surface area contributed by atoms with Crippen LogP contribution in [0.5, 0.6) is 0 Å². The minimum atomic E-state index is 0.916. The Hall–Kier alpha value is -6.18. The van der Waals surface area contributed by atoms with Gasteiger partial charge in [-0.3, -0.25) is 0 Å². The van der Waals surface area contributed by atoms with Gasteiger partial charge in [-0.25, -0.2) is 0 Å². The topological polar surface area (TPSA) is 13.1 Å². The zero-order valence-electron chi connectivity index (χ0n) is 25.4. The third-order valence-corrected chi connectivity index (χ3v) is 10.4. The highest BCUT2D eigenvalue weighted by molar-refractivity contribution is 6.27. The van der Waals surface area contributed by atoms with Crippen LogP contribution in [-0.2, 0) is 0 Å². The van der Waals surface area contributed by atoms with Crippen molar-refractivity contribution in [2.45, 2.75) is 0 Å². The summed E-state index contributed by atoms with van der Waals surface area (Å²) in [7, 11) is 0. The molecule has 0 aliphatic rings. The third kappa shape index (κ3) is 3.49. The van der Waals surface area contributed by atoms with Crippen molar-refractivity contribution in [3.05, 3.63) is 158 Å². The fraction of sp³-hybridized carbons (Fsp3) is 0. The Balaban J connectivity index is 1.26. The van der Waals surface area contributed by atoms with Gasteiger partial charge in [0.1, 0.15) is 11.2 Å². The lowest BCUT2D eigenvalue weighted by molar-refractivity contribution is 0.670. The van der Waals surface area contributed by atoms with Crippen molar-refractivity contribution in [3.8, 4) is 22.3 Å². The van der Waals surface area contributed by atoms with Crippen molar-refractivity contribution >= 4 is 86.6 Å². The summed E-state index contributed by atoms with van der Waals surface area (Å²) in [5.41, 5.74) is 6.54. The Morgan fingerprint density at radius 2 is 0.915 bits per heavy atom. The van der Waals surface area contributed by atoms with Crippen LogP contribution in [0.3, 0.4) is 0 Å². The minimum Gasteiger partial charge on any atom is -0.455 e. The number of hydrogen-bond acceptors (Lipinski definition) is 1. The molecule has 1 heteroatoms. The molecule has 0 aliphatic heterocycles. The average molecular weight is 595 g/mol. The molecule has 11 aromatic rings. The van der Waals surface area contributed by atoms with Crippen LogP contribution in [0.1, 0.15) is 0 Å². The van der Waals surface area contributed by atoms with Gasteiger partial charge in [-0.05, 0) is 106 Å². The van der Waals surface area contributed by atoms with Crippen LogP contribution in [0.2, 0.25) is 0 Å². The molecule has 0 unspecified atom stereocenters. The maximum absolute atomic E-state index is 6.80. The predicted octanol–water partition coefficient (Wildman–Crippen LogP) is 13.3. The van der Waals surface area contributed by atoms with Crippen molar-refractivity contribution in [1.29, 1.82) is 0 Å². The molecular weight excluding hydrogens is 569 g/mol. The van der Waals surface area contributed by atoms with Gasteiger partial charge in [-0.15, -0.1) is 0 Å². The van der Waals surface area contributed by atoms with Gasteiger partial charge in [0.15, 0.2) is 0 Å². The SMILES string of the molecule is c1ccc2c(c1)ccc1cc(-c3cc(-c4ccc5ccc6cccc7ccc4c5c67)cc4c3oc3ccc5ccccc5c34)ccc12. The average Bonchev–Trinajstić information content (AvgIpc) is 3.52. The summed E-state index contributed by atoms with van der Waals surface area (Å²) in [5.74, 6) is 0. The van der Waals surface area contributed by atoms with Crippen molar-refractivity contribution in [2.75, 3.05) is 0 Å². The van der Waals surface area contributed by atoms with Crippen molar-refractivity contribution in [3.63, 3.8) is 0 Å². The van der Waals surface area contributed by atoms with E-state index in [1.807, 2.05) is 0 Å². The van der Waals surface area contributed by atoms with E-state index in [2.05, 4.69) is 158 Å². The Morgan fingerprint density at radius 1 is 0.298 bits per heavy atom. The Kier molecular flexibility index (Phi) is 4.90. The van der Waals surface area contributed by atoms with E-state index in [1.54, 1.807) is 0 Å². The molecule has 0 radical (unpaired) electrons. The van der Waals surface area contributed by atoms with Gasteiger partial charge in [0.25, 0.3) is 0 Å². The highest BCUT2D eigenvalue weighted by Gasteiger charge is 2.19. The predicted molar refractivity (Wildman–Crippen MR) is 201 cm³/mol. The zero-order valence-corrected chi connectivity index (χ0v) is 25.4. The number of hydrogen-bond donors (Lipinski definition) is 0. The monoisotopic (exact) mass is 594 g/mol. The van der Waals surface area contributed by atoms with Gasteiger partial charge in [0.2, 0.25) is 0 Å². The van der Waals surface area contributed by atoms with Crippen LogP contribution in [0.4, 0.5) is 0 Å². The molecule has 216 valence electrons. The summed E-state index contributed by atoms with van der Waals surface area (Å²) in [5, 5.41) is 17.6. The van der Waals surface area contributed by atoms with Crippen LogP contribution in [-0.4, -0.2) is 0 Å². The fourth-order valence-corrected chi connectivity index (χ4v) is 8.19. The summed E-state index contributed by atoms with van der Waals surface area (Å²) >= 11 is 0. The van der Waals surface area contributed by atoms with Gasteiger partial charge in [0, 0.05) is 16.3 Å². The molecule has 0 amide bonds. The molecule has 0 atom stereocenters. The third-order valence-electron chi connectivity index (χ3n) is 10.4. The van der Waals surface area contributed by atoms with Crippen molar-refractivity contribution in [2.24, 2.45) is 0 Å². The van der Waals surface area contributed by atoms with Gasteiger partial charge < -0.3 is 4.42 Å². The quantitative estimate of drug-likeness (QED) is 0.182. The Morgan fingerprint density at radius 3 is 1.79 bits per heavy atom. The van der Waals surface area contributed by atoms with Crippen molar-refractivity contribution in [1.82, 2.24) is 0 Å². The maximum Gasteiger partial charge on any atom is 0.143 e. The lowest BCUT2D eigenvalue weighted by atomic mass is 9.88. The van der Waals surface area contributed by atoms with E-state index in [9.17, 15) is 0 Å². The maximum atomic E-state index is 6.80. The van der Waals surface area contributed by atoms with Crippen LogP contribution in [0.25, 0.3) is 109 Å². The smallest absolute Gasteiger partial charge is 0.143 e. The first kappa shape index (κ1) is 25.1. The Labute approximate surface area is 270 Å². The largest absolute Gasteiger partial charge is 0.455 e. The Bertz CT molecular complexity index is 3050. The van der Waals surface area contributed by atoms with E-state index < -0.39 is 0 Å². The summed E-state index contributed by atoms with van der Waals surface area (Å²) < 4.78 is 6.80. The molecule has 1 heterocycles. The molecule has 0 bridgehead atoms. The molecule has 0 saturated carbocycles. The van der Waals surface area contributed by atoms with Crippen LogP contribution < -0.4 is 0 Å². The van der Waals surface area contributed by atoms with E-state index in [4.69, 9.17) is 4.42 Å². The molecular formula is C46H26O. The fourth-order valence-electron chi connectivity index (χ4n) is 8.19. The molecule has 0 aliphatic carbocycles. The lowest BCUT2D eigenvalue weighted by Crippen LogP contribution is -1.89. The van der Waals surface area contributed by atoms with Gasteiger partial charge in [-0.1, -0.05) is 133 Å². The first-order valence-electron chi connectivity index (χ1n) is 16.3. The minimum absolute atomic E-state index is 0.916. The molecule has 1 aromatic heterocycles.